The summed E-state index contributed by atoms with van der Waals surface area (Å²) in [6.07, 6.45) is 26.9. The molecule has 0 aliphatic carbocycles. The fraction of sp³-hybridized carbons (Fsp3) is 0.714. The number of carbonyl (C=O) groups is 2. The Morgan fingerprint density at radius 2 is 1.24 bits per heavy atom. The maximum atomic E-state index is 12.0. The molecule has 0 rings (SSSR count). The molecule has 0 saturated carbocycles. The van der Waals surface area contributed by atoms with Crippen molar-refractivity contribution in [3.05, 3.63) is 48.6 Å². The molecule has 7 nitrogen and oxygen atoms in total. The van der Waals surface area contributed by atoms with Gasteiger partial charge in [0, 0.05) is 12.8 Å². The number of allylic oxidation sites excluding steroid dienone is 6. The maximum absolute atomic E-state index is 12.0. The fourth-order valence-corrected chi connectivity index (χ4v) is 4.19. The Morgan fingerprint density at radius 3 is 1.83 bits per heavy atom. The number of aliphatic hydroxyl groups excluding tert-OH is 3. The van der Waals surface area contributed by atoms with Gasteiger partial charge >= 0.3 is 11.9 Å². The van der Waals surface area contributed by atoms with E-state index in [1.165, 1.54) is 25.7 Å². The van der Waals surface area contributed by atoms with E-state index in [0.29, 0.717) is 19.3 Å². The molecule has 7 heteroatoms. The zero-order valence-corrected chi connectivity index (χ0v) is 26.6. The molecule has 0 amide bonds. The van der Waals surface area contributed by atoms with E-state index in [2.05, 4.69) is 20.8 Å². The monoisotopic (exact) mass is 592 g/mol. The topological polar surface area (TPSA) is 113 Å². The summed E-state index contributed by atoms with van der Waals surface area (Å²) in [5, 5.41) is 29.4. The van der Waals surface area contributed by atoms with Crippen molar-refractivity contribution in [3.8, 4) is 0 Å². The van der Waals surface area contributed by atoms with Crippen LogP contribution >= 0.6 is 0 Å². The molecule has 3 atom stereocenters. The standard InChI is InChI=1S/C35H60O7/c1-4-5-15-22-31(37)23-17-12-7-6-8-13-18-24-32(38)25-20-27-34(39)41-29-33(28-36)42-35(40)26-19-14-10-9-11-16-21-30(2)3/h7-8,12-13,17-18,23-24,30-33,36-38H,4-6,9-11,14-16,19-22,25-29H2,1-3H3/b12-7-,13-8-,23-17+,24-18+/t31-,32-,33-/m0/s1. The lowest BCUT2D eigenvalue weighted by molar-refractivity contribution is -0.161. The summed E-state index contributed by atoms with van der Waals surface area (Å²) in [6, 6.07) is 0. The van der Waals surface area contributed by atoms with Gasteiger partial charge in [-0.1, -0.05) is 127 Å². The fourth-order valence-electron chi connectivity index (χ4n) is 4.19. The molecule has 0 heterocycles. The van der Waals surface area contributed by atoms with Gasteiger partial charge in [-0.3, -0.25) is 9.59 Å². The lowest BCUT2D eigenvalue weighted by Crippen LogP contribution is -2.28. The SMILES string of the molecule is CCCCC[C@H](O)/C=C/C=C\C/C=C\C=C\[C@H](O)CCCC(=O)OC[C@H](CO)OC(=O)CCCCCCCCC(C)C. The lowest BCUT2D eigenvalue weighted by atomic mass is 10.0. The number of esters is 2. The minimum atomic E-state index is -0.856. The van der Waals surface area contributed by atoms with Gasteiger partial charge in [-0.2, -0.15) is 0 Å². The first-order chi connectivity index (χ1) is 20.3. The summed E-state index contributed by atoms with van der Waals surface area (Å²) in [5.74, 6) is -0.0797. The molecule has 0 fully saturated rings. The molecular weight excluding hydrogens is 532 g/mol. The van der Waals surface area contributed by atoms with Gasteiger partial charge < -0.3 is 24.8 Å². The van der Waals surface area contributed by atoms with Gasteiger partial charge in [0.2, 0.25) is 0 Å². The first-order valence-corrected chi connectivity index (χ1v) is 16.3. The second-order valence-corrected chi connectivity index (χ2v) is 11.4. The molecule has 0 bridgehead atoms. The van der Waals surface area contributed by atoms with Crippen LogP contribution in [0, 0.1) is 5.92 Å². The summed E-state index contributed by atoms with van der Waals surface area (Å²) in [5.41, 5.74) is 0. The Balaban J connectivity index is 3.92. The van der Waals surface area contributed by atoms with Crippen LogP contribution in [0.4, 0.5) is 0 Å². The molecule has 3 N–H and O–H groups in total. The van der Waals surface area contributed by atoms with Crippen LogP contribution in [-0.4, -0.2) is 58.8 Å². The van der Waals surface area contributed by atoms with Gasteiger partial charge in [-0.15, -0.1) is 0 Å². The van der Waals surface area contributed by atoms with E-state index in [4.69, 9.17) is 9.47 Å². The van der Waals surface area contributed by atoms with Crippen molar-refractivity contribution in [1.82, 2.24) is 0 Å². The number of hydrogen-bond donors (Lipinski definition) is 3. The predicted octanol–water partition coefficient (Wildman–Crippen LogP) is 7.30. The second-order valence-electron chi connectivity index (χ2n) is 11.4. The van der Waals surface area contributed by atoms with Crippen LogP contribution in [0.5, 0.6) is 0 Å². The molecule has 42 heavy (non-hydrogen) atoms. The van der Waals surface area contributed by atoms with Gasteiger partial charge in [-0.25, -0.2) is 0 Å². The van der Waals surface area contributed by atoms with E-state index in [1.54, 1.807) is 18.2 Å². The molecule has 0 unspecified atom stereocenters. The summed E-state index contributed by atoms with van der Waals surface area (Å²) < 4.78 is 10.4. The van der Waals surface area contributed by atoms with Gasteiger partial charge in [0.25, 0.3) is 0 Å². The van der Waals surface area contributed by atoms with Crippen LogP contribution in [0.25, 0.3) is 0 Å². The van der Waals surface area contributed by atoms with E-state index in [-0.39, 0.29) is 25.1 Å². The molecule has 0 aliphatic heterocycles. The molecule has 0 aromatic heterocycles. The Kier molecular flexibility index (Phi) is 27.4. The third kappa shape index (κ3) is 27.9. The van der Waals surface area contributed by atoms with Crippen molar-refractivity contribution in [2.24, 2.45) is 5.92 Å². The number of unbranched alkanes of at least 4 members (excludes halogenated alkanes) is 7. The third-order valence-electron chi connectivity index (χ3n) is 6.76. The van der Waals surface area contributed by atoms with Crippen molar-refractivity contribution in [2.75, 3.05) is 13.2 Å². The molecule has 0 aromatic carbocycles. The zero-order valence-electron chi connectivity index (χ0n) is 26.6. The van der Waals surface area contributed by atoms with Crippen LogP contribution in [-0.2, 0) is 19.1 Å². The summed E-state index contributed by atoms with van der Waals surface area (Å²) >= 11 is 0. The van der Waals surface area contributed by atoms with Gasteiger partial charge in [0.1, 0.15) is 6.61 Å². The van der Waals surface area contributed by atoms with E-state index in [9.17, 15) is 24.9 Å². The van der Waals surface area contributed by atoms with Gasteiger partial charge in [-0.05, 0) is 38.0 Å². The molecule has 242 valence electrons. The van der Waals surface area contributed by atoms with Crippen LogP contribution in [0.3, 0.4) is 0 Å². The van der Waals surface area contributed by atoms with Crippen LogP contribution in [0.15, 0.2) is 48.6 Å². The summed E-state index contributed by atoms with van der Waals surface area (Å²) in [6.45, 7) is 6.05. The van der Waals surface area contributed by atoms with Crippen LogP contribution in [0.2, 0.25) is 0 Å². The highest BCUT2D eigenvalue weighted by Gasteiger charge is 2.16. The number of hydrogen-bond acceptors (Lipinski definition) is 7. The average molecular weight is 593 g/mol. The second kappa shape index (κ2) is 28.9. The largest absolute Gasteiger partial charge is 0.462 e. The van der Waals surface area contributed by atoms with Crippen LogP contribution in [0.1, 0.15) is 124 Å². The number of rotatable bonds is 27. The lowest BCUT2D eigenvalue weighted by Gasteiger charge is -2.16. The van der Waals surface area contributed by atoms with Crippen molar-refractivity contribution < 1.29 is 34.4 Å². The van der Waals surface area contributed by atoms with E-state index in [1.807, 2.05) is 30.4 Å². The highest BCUT2D eigenvalue weighted by molar-refractivity contribution is 5.70. The third-order valence-corrected chi connectivity index (χ3v) is 6.76. The van der Waals surface area contributed by atoms with E-state index in [0.717, 1.165) is 57.3 Å². The Labute approximate surface area is 255 Å². The van der Waals surface area contributed by atoms with Crippen molar-refractivity contribution >= 4 is 11.9 Å². The highest BCUT2D eigenvalue weighted by atomic mass is 16.6. The van der Waals surface area contributed by atoms with Crippen molar-refractivity contribution in [3.63, 3.8) is 0 Å². The number of ether oxygens (including phenoxy) is 2. The Bertz CT molecular complexity index is 769. The first kappa shape index (κ1) is 39.8. The molecule has 0 radical (unpaired) electrons. The average Bonchev–Trinajstić information content (AvgIpc) is 2.95. The first-order valence-electron chi connectivity index (χ1n) is 16.3. The van der Waals surface area contributed by atoms with Gasteiger partial charge in [0.05, 0.1) is 18.8 Å². The van der Waals surface area contributed by atoms with Crippen molar-refractivity contribution in [2.45, 2.75) is 142 Å². The van der Waals surface area contributed by atoms with E-state index < -0.39 is 24.8 Å². The maximum Gasteiger partial charge on any atom is 0.306 e. The molecular formula is C35H60O7. The normalized spacial score (nSPS) is 14.5. The smallest absolute Gasteiger partial charge is 0.306 e. The van der Waals surface area contributed by atoms with Gasteiger partial charge in [0.15, 0.2) is 6.10 Å². The van der Waals surface area contributed by atoms with Crippen LogP contribution < -0.4 is 0 Å². The minimum Gasteiger partial charge on any atom is -0.462 e. The summed E-state index contributed by atoms with van der Waals surface area (Å²) in [7, 11) is 0. The highest BCUT2D eigenvalue weighted by Crippen LogP contribution is 2.13. The Morgan fingerprint density at radius 1 is 0.690 bits per heavy atom. The molecule has 0 aromatic rings. The molecule has 0 spiro atoms. The molecule has 0 aliphatic rings. The summed E-state index contributed by atoms with van der Waals surface area (Å²) in [4.78, 5) is 24.0. The van der Waals surface area contributed by atoms with Crippen molar-refractivity contribution in [1.29, 1.82) is 0 Å². The predicted molar refractivity (Wildman–Crippen MR) is 171 cm³/mol. The quantitative estimate of drug-likeness (QED) is 0.0521. The molecule has 0 saturated heterocycles. The van der Waals surface area contributed by atoms with E-state index >= 15 is 0 Å². The number of carbonyl (C=O) groups excluding carboxylic acids is 2. The minimum absolute atomic E-state index is 0.135. The zero-order chi connectivity index (χ0) is 31.3. The Hall–Kier alpha value is -2.22. The number of aliphatic hydroxyl groups is 3.